The lowest BCUT2D eigenvalue weighted by atomic mass is 9.86. The van der Waals surface area contributed by atoms with E-state index < -0.39 is 36.1 Å². The van der Waals surface area contributed by atoms with Gasteiger partial charge in [-0.05, 0) is 50.2 Å². The highest BCUT2D eigenvalue weighted by Crippen LogP contribution is 2.56. The molecule has 0 radical (unpaired) electrons. The molecule has 1 unspecified atom stereocenters. The summed E-state index contributed by atoms with van der Waals surface area (Å²) in [5.41, 5.74) is -0.962. The van der Waals surface area contributed by atoms with Crippen LogP contribution < -0.4 is 9.86 Å². The molecule has 1 saturated heterocycles. The molecule has 8 nitrogen and oxygen atoms in total. The summed E-state index contributed by atoms with van der Waals surface area (Å²) >= 11 is 0. The molecule has 0 aromatic heterocycles. The molecule has 1 heterocycles. The van der Waals surface area contributed by atoms with E-state index >= 15 is 0 Å². The highest BCUT2D eigenvalue weighted by Gasteiger charge is 2.63. The van der Waals surface area contributed by atoms with Gasteiger partial charge in [-0.2, -0.15) is 0 Å². The van der Waals surface area contributed by atoms with Gasteiger partial charge >= 0.3 is 0 Å². The Bertz CT molecular complexity index is 1000. The molecule has 3 aliphatic rings. The van der Waals surface area contributed by atoms with Crippen LogP contribution in [0.3, 0.4) is 0 Å². The summed E-state index contributed by atoms with van der Waals surface area (Å²) in [7, 11) is -7.79. The molecule has 30 heavy (non-hydrogen) atoms. The van der Waals surface area contributed by atoms with E-state index in [0.29, 0.717) is 39.1 Å². The van der Waals surface area contributed by atoms with Crippen LogP contribution >= 0.6 is 0 Å². The third-order valence-electron chi connectivity index (χ3n) is 6.55. The number of hydrogen-bond donors (Lipinski definition) is 2. The first-order valence-electron chi connectivity index (χ1n) is 10.2. The van der Waals surface area contributed by atoms with Crippen molar-refractivity contribution in [2.45, 2.75) is 42.4 Å². The molecule has 168 valence electrons. The third kappa shape index (κ3) is 4.36. The van der Waals surface area contributed by atoms with Gasteiger partial charge in [0.1, 0.15) is 5.82 Å². The molecule has 2 saturated carbocycles. The van der Waals surface area contributed by atoms with Crippen LogP contribution in [0.4, 0.5) is 10.1 Å². The van der Waals surface area contributed by atoms with E-state index in [1.54, 1.807) is 6.07 Å². The molecule has 1 aromatic rings. The van der Waals surface area contributed by atoms with Gasteiger partial charge in [0.05, 0.1) is 29.4 Å². The van der Waals surface area contributed by atoms with Crippen LogP contribution in [0.1, 0.15) is 32.1 Å². The molecule has 1 aliphatic heterocycles. The number of anilines is 1. The lowest BCUT2D eigenvalue weighted by molar-refractivity contribution is -0.0277. The molecule has 0 bridgehead atoms. The fourth-order valence-corrected chi connectivity index (χ4v) is 7.76. The highest BCUT2D eigenvalue weighted by molar-refractivity contribution is 7.94. The van der Waals surface area contributed by atoms with Crippen molar-refractivity contribution >= 4 is 25.7 Å². The van der Waals surface area contributed by atoms with Crippen LogP contribution in [0, 0.1) is 11.7 Å². The van der Waals surface area contributed by atoms with Crippen LogP contribution in [0.25, 0.3) is 0 Å². The van der Waals surface area contributed by atoms with Gasteiger partial charge in [-0.3, -0.25) is 9.62 Å². The summed E-state index contributed by atoms with van der Waals surface area (Å²) in [6.07, 6.45) is 2.64. The number of nitrogens with one attached hydrogen (secondary N) is 1. The fourth-order valence-electron chi connectivity index (χ4n) is 4.79. The molecule has 2 aliphatic carbocycles. The zero-order valence-electron chi connectivity index (χ0n) is 16.7. The van der Waals surface area contributed by atoms with Gasteiger partial charge in [0.25, 0.3) is 0 Å². The van der Waals surface area contributed by atoms with E-state index in [1.807, 2.05) is 0 Å². The Hall–Kier alpha value is -1.27. The summed E-state index contributed by atoms with van der Waals surface area (Å²) in [6.45, 7) is 1.99. The normalized spacial score (nSPS) is 24.2. The van der Waals surface area contributed by atoms with Gasteiger partial charge in [-0.15, -0.1) is 0 Å². The first-order valence-corrected chi connectivity index (χ1v) is 13.4. The number of para-hydroxylation sites is 1. The number of hydrogen-bond acceptors (Lipinski definition) is 6. The predicted octanol–water partition coefficient (Wildman–Crippen LogP) is 1.26. The van der Waals surface area contributed by atoms with Gasteiger partial charge in [0, 0.05) is 18.6 Å². The van der Waals surface area contributed by atoms with Crippen LogP contribution in [0.15, 0.2) is 24.3 Å². The number of ether oxygens (including phenoxy) is 1. The first-order chi connectivity index (χ1) is 14.1. The second kappa shape index (κ2) is 7.70. The Kier molecular flexibility index (Phi) is 5.63. The minimum Gasteiger partial charge on any atom is -0.379 e. The van der Waals surface area contributed by atoms with Crippen molar-refractivity contribution in [3.63, 3.8) is 0 Å². The van der Waals surface area contributed by atoms with E-state index in [9.17, 15) is 21.2 Å². The molecular weight excluding hydrogens is 433 g/mol. The molecule has 1 atom stereocenters. The zero-order valence-corrected chi connectivity index (χ0v) is 18.4. The average molecular weight is 462 g/mol. The number of benzene rings is 1. The standard InChI is InChI=1S/C19H28FN3O5S2/c20-16-3-1-2-4-17(16)22-30(26,27)18(7-8-18)13-19(15-5-6-15,14-29(21,24)25)23-9-11-28-12-10-23/h1-4,15,22H,5-14H2,(H2,21,24,25). The van der Waals surface area contributed by atoms with Crippen molar-refractivity contribution in [2.75, 3.05) is 36.8 Å². The van der Waals surface area contributed by atoms with Crippen LogP contribution in [-0.2, 0) is 24.8 Å². The maximum absolute atomic E-state index is 14.1. The van der Waals surface area contributed by atoms with Gasteiger partial charge in [0.2, 0.25) is 20.0 Å². The SMILES string of the molecule is NS(=O)(=O)CC(CC1(S(=O)(=O)Nc2ccccc2F)CC1)(C1CC1)N1CCOCC1. The van der Waals surface area contributed by atoms with Gasteiger partial charge < -0.3 is 4.74 Å². The second-order valence-corrected chi connectivity index (χ2v) is 12.4. The van der Waals surface area contributed by atoms with Crippen molar-refractivity contribution in [3.8, 4) is 0 Å². The van der Waals surface area contributed by atoms with E-state index in [-0.39, 0.29) is 23.8 Å². The number of sulfonamides is 2. The zero-order chi connectivity index (χ0) is 21.6. The summed E-state index contributed by atoms with van der Waals surface area (Å²) in [5.74, 6) is -0.875. The molecule has 3 fully saturated rings. The van der Waals surface area contributed by atoms with E-state index in [0.717, 1.165) is 12.8 Å². The predicted molar refractivity (Wildman–Crippen MR) is 111 cm³/mol. The molecule has 3 N–H and O–H groups in total. The van der Waals surface area contributed by atoms with E-state index in [4.69, 9.17) is 9.88 Å². The minimum atomic E-state index is -3.94. The van der Waals surface area contributed by atoms with E-state index in [2.05, 4.69) is 9.62 Å². The number of nitrogens with zero attached hydrogens (tertiary/aromatic N) is 1. The van der Waals surface area contributed by atoms with Gasteiger partial charge in [-0.1, -0.05) is 12.1 Å². The maximum Gasteiger partial charge on any atom is 0.238 e. The Balaban J connectivity index is 1.67. The molecule has 0 spiro atoms. The molecule has 0 amide bonds. The Morgan fingerprint density at radius 2 is 1.80 bits per heavy atom. The summed E-state index contributed by atoms with van der Waals surface area (Å²) in [6, 6.07) is 5.62. The lowest BCUT2D eigenvalue weighted by Gasteiger charge is -2.47. The van der Waals surface area contributed by atoms with Gasteiger partial charge in [0.15, 0.2) is 0 Å². The van der Waals surface area contributed by atoms with E-state index in [1.165, 1.54) is 18.2 Å². The number of halogens is 1. The number of nitrogens with two attached hydrogens (primary N) is 1. The Morgan fingerprint density at radius 1 is 1.17 bits per heavy atom. The molecule has 4 rings (SSSR count). The Morgan fingerprint density at radius 3 is 2.33 bits per heavy atom. The number of rotatable bonds is 9. The van der Waals surface area contributed by atoms with Crippen LogP contribution in [0.2, 0.25) is 0 Å². The van der Waals surface area contributed by atoms with Crippen molar-refractivity contribution in [3.05, 3.63) is 30.1 Å². The van der Waals surface area contributed by atoms with Crippen molar-refractivity contribution in [1.29, 1.82) is 0 Å². The van der Waals surface area contributed by atoms with Crippen LogP contribution in [0.5, 0.6) is 0 Å². The number of morpholine rings is 1. The summed E-state index contributed by atoms with van der Waals surface area (Å²) < 4.78 is 71.8. The molecule has 1 aromatic carbocycles. The Labute approximate surface area is 177 Å². The van der Waals surface area contributed by atoms with Crippen molar-refractivity contribution in [2.24, 2.45) is 11.1 Å². The van der Waals surface area contributed by atoms with Crippen LogP contribution in [-0.4, -0.2) is 64.1 Å². The lowest BCUT2D eigenvalue weighted by Crippen LogP contribution is -2.61. The number of primary sulfonamides is 1. The summed E-state index contributed by atoms with van der Waals surface area (Å²) in [5, 5.41) is 5.49. The topological polar surface area (TPSA) is 119 Å². The maximum atomic E-state index is 14.1. The molecular formula is C19H28FN3O5S2. The minimum absolute atomic E-state index is 0.0649. The monoisotopic (exact) mass is 461 g/mol. The largest absolute Gasteiger partial charge is 0.379 e. The van der Waals surface area contributed by atoms with Crippen molar-refractivity contribution < 1.29 is 26.0 Å². The second-order valence-electron chi connectivity index (χ2n) is 8.73. The highest BCUT2D eigenvalue weighted by atomic mass is 32.2. The van der Waals surface area contributed by atoms with Gasteiger partial charge in [-0.25, -0.2) is 26.4 Å². The average Bonchev–Trinajstić information content (AvgIpc) is 3.57. The summed E-state index contributed by atoms with van der Waals surface area (Å²) in [4.78, 5) is 2.07. The smallest absolute Gasteiger partial charge is 0.238 e. The third-order valence-corrected chi connectivity index (χ3v) is 9.64. The molecule has 11 heteroatoms. The quantitative estimate of drug-likeness (QED) is 0.572. The van der Waals surface area contributed by atoms with Crippen molar-refractivity contribution in [1.82, 2.24) is 4.90 Å². The first kappa shape index (κ1) is 21.9. The fraction of sp³-hybridized carbons (Fsp3) is 0.684.